The van der Waals surface area contributed by atoms with Crippen LogP contribution in [0.5, 0.6) is 5.75 Å². The number of piperazine rings is 1. The highest BCUT2D eigenvalue weighted by Gasteiger charge is 2.64. The third-order valence-electron chi connectivity index (χ3n) is 16.6. The van der Waals surface area contributed by atoms with E-state index in [4.69, 9.17) is 16.3 Å². The van der Waals surface area contributed by atoms with Gasteiger partial charge in [-0.1, -0.05) is 44.5 Å². The maximum Gasteiger partial charge on any atom is 0.278 e. The number of halogens is 1. The van der Waals surface area contributed by atoms with Crippen molar-refractivity contribution < 1.29 is 23.9 Å². The number of carbonyl (C=O) groups is 4. The Bertz CT molecular complexity index is 2760. The second-order valence-corrected chi connectivity index (χ2v) is 21.9. The number of anilines is 2. The van der Waals surface area contributed by atoms with Crippen LogP contribution in [0.1, 0.15) is 101 Å². The molecule has 362 valence electrons. The maximum atomic E-state index is 13.8. The molecule has 6 aliphatic rings. The van der Waals surface area contributed by atoms with E-state index >= 15 is 0 Å². The summed E-state index contributed by atoms with van der Waals surface area (Å²) in [6.45, 7) is 15.3. The van der Waals surface area contributed by atoms with Crippen LogP contribution in [0.15, 0.2) is 65.5 Å². The van der Waals surface area contributed by atoms with Crippen molar-refractivity contribution in [3.05, 3.63) is 87.2 Å². The van der Waals surface area contributed by atoms with E-state index < -0.39 is 17.5 Å². The van der Waals surface area contributed by atoms with Crippen LogP contribution < -0.4 is 30.7 Å². The molecule has 17 heteroatoms. The first-order valence-electron chi connectivity index (χ1n) is 24.6. The number of likely N-dealkylation sites (tertiary alicyclic amines) is 1. The van der Waals surface area contributed by atoms with Crippen LogP contribution in [-0.2, 0) is 14.4 Å². The summed E-state index contributed by atoms with van der Waals surface area (Å²) in [7, 11) is 0. The number of hydrogen-bond donors (Lipinski definition) is 2. The summed E-state index contributed by atoms with van der Waals surface area (Å²) in [4.78, 5) is 74.4. The molecule has 0 bridgehead atoms. The highest BCUT2D eigenvalue weighted by molar-refractivity contribution is 6.31. The monoisotopic (exact) mass is 956 g/mol. The molecule has 1 atom stereocenters. The quantitative estimate of drug-likeness (QED) is 0.195. The number of carbonyl (C=O) groups excluding carboxylic acids is 4. The molecule has 1 unspecified atom stereocenters. The second-order valence-electron chi connectivity index (χ2n) is 21.5. The summed E-state index contributed by atoms with van der Waals surface area (Å²) in [5, 5.41) is 23.8. The van der Waals surface area contributed by atoms with E-state index in [1.165, 1.54) is 12.8 Å². The zero-order valence-corrected chi connectivity index (χ0v) is 40.6. The molecule has 3 aromatic carbocycles. The van der Waals surface area contributed by atoms with Crippen LogP contribution in [0, 0.1) is 33.5 Å². The van der Waals surface area contributed by atoms with Gasteiger partial charge in [0.05, 0.1) is 16.0 Å². The molecule has 6 fully saturated rings. The predicted molar refractivity (Wildman–Crippen MR) is 261 cm³/mol. The lowest BCUT2D eigenvalue weighted by atomic mass is 9.49. The van der Waals surface area contributed by atoms with Gasteiger partial charge >= 0.3 is 0 Å². The number of piperidine rings is 3. The molecule has 16 nitrogen and oxygen atoms in total. The number of nitriles is 1. The molecule has 1 aromatic heterocycles. The van der Waals surface area contributed by atoms with Gasteiger partial charge in [-0.25, -0.2) is 0 Å². The molecule has 4 saturated heterocycles. The maximum absolute atomic E-state index is 13.8. The van der Waals surface area contributed by atoms with Crippen LogP contribution >= 0.6 is 11.6 Å². The summed E-state index contributed by atoms with van der Waals surface area (Å²) >= 11 is 6.27. The Kier molecular flexibility index (Phi) is 12.2. The molecule has 2 N–H and O–H groups in total. The first-order valence-corrected chi connectivity index (χ1v) is 24.9. The average molecular weight is 958 g/mol. The lowest BCUT2D eigenvalue weighted by Gasteiger charge is -2.63. The molecule has 4 amide bonds. The summed E-state index contributed by atoms with van der Waals surface area (Å²) in [5.41, 5.74) is 2.69. The van der Waals surface area contributed by atoms with Gasteiger partial charge in [0, 0.05) is 111 Å². The van der Waals surface area contributed by atoms with E-state index in [0.717, 1.165) is 81.0 Å². The Morgan fingerprint density at radius 3 is 2.14 bits per heavy atom. The normalized spacial score (nSPS) is 24.8. The summed E-state index contributed by atoms with van der Waals surface area (Å²) in [6, 6.07) is 20.3. The number of rotatable bonds is 9. The van der Waals surface area contributed by atoms with Crippen LogP contribution in [0.3, 0.4) is 0 Å². The number of imide groups is 1. The van der Waals surface area contributed by atoms with Gasteiger partial charge in [-0.2, -0.15) is 9.94 Å². The number of fused-ring (bicyclic) bond motifs is 1. The lowest BCUT2D eigenvalue weighted by molar-refractivity contribution is -0.164. The highest BCUT2D eigenvalue weighted by atomic mass is 35.5. The smallest absolute Gasteiger partial charge is 0.278 e. The van der Waals surface area contributed by atoms with Gasteiger partial charge in [0.15, 0.2) is 0 Å². The third kappa shape index (κ3) is 8.70. The molecule has 4 aromatic rings. The number of nitrogens with zero attached hydrogens (tertiary/aromatic N) is 8. The molecular weight excluding hydrogens is 896 g/mol. The van der Waals surface area contributed by atoms with Crippen LogP contribution in [0.4, 0.5) is 11.4 Å². The number of amides is 4. The first-order chi connectivity index (χ1) is 33.0. The molecule has 2 saturated carbocycles. The van der Waals surface area contributed by atoms with E-state index in [2.05, 4.69) is 86.4 Å². The Morgan fingerprint density at radius 2 is 1.49 bits per heavy atom. The molecule has 4 aliphatic heterocycles. The number of benzene rings is 3. The molecule has 1 spiro atoms. The SMILES string of the molecule is CC1(C)[C@H](NC(=O)c2ccc(N3CCN(C4CC5(CCN(C(=O)C6CCN(c7ccc8nnn(C9CCC(=O)NC9=O)c(=O)c8c7)CC6)CC5)C4)CC3)cc2)C(C)(C)[C@H]1Oc1ccc(C#N)c(Cl)c1. The van der Waals surface area contributed by atoms with E-state index in [1.807, 2.05) is 18.2 Å². The van der Waals surface area contributed by atoms with Crippen LogP contribution in [-0.4, -0.2) is 119 Å². The van der Waals surface area contributed by atoms with Crippen molar-refractivity contribution in [2.75, 3.05) is 62.2 Å². The standard InChI is InChI=1S/C52H61ClN10O6/c1-50(2)48(51(3,4)49(50)69-38-11-7-34(31-54)40(53)28-38)56-44(65)32-5-8-35(9-6-32)60-23-25-61(26-24-60)37-29-52(30-37)17-21-62(22-18-52)46(67)33-15-19-59(20-16-33)36-10-12-41-39(27-36)47(68)63(58-57-41)42-13-14-43(64)55-45(42)66/h5-12,27-28,33,37,42,48-49H,13-26,29-30H2,1-4H3,(H,56,65)(H,55,64,66)/t42?,48-,49-. The highest BCUT2D eigenvalue weighted by Crippen LogP contribution is 2.56. The molecule has 69 heavy (non-hydrogen) atoms. The second kappa shape index (κ2) is 18.0. The lowest BCUT2D eigenvalue weighted by Crippen LogP contribution is -2.74. The fourth-order valence-electron chi connectivity index (χ4n) is 12.8. The van der Waals surface area contributed by atoms with Crippen LogP contribution in [0.25, 0.3) is 10.9 Å². The van der Waals surface area contributed by atoms with Crippen molar-refractivity contribution in [1.82, 2.24) is 35.4 Å². The van der Waals surface area contributed by atoms with Gasteiger partial charge < -0.3 is 24.8 Å². The van der Waals surface area contributed by atoms with E-state index in [-0.39, 0.29) is 59.5 Å². The number of ether oxygens (including phenoxy) is 1. The van der Waals surface area contributed by atoms with Gasteiger partial charge in [-0.15, -0.1) is 5.10 Å². The predicted octanol–water partition coefficient (Wildman–Crippen LogP) is 5.72. The summed E-state index contributed by atoms with van der Waals surface area (Å²) in [6.07, 6.45) is 6.15. The number of hydrogen-bond acceptors (Lipinski definition) is 12. The minimum Gasteiger partial charge on any atom is -0.489 e. The molecule has 5 heterocycles. The third-order valence-corrected chi connectivity index (χ3v) is 16.9. The van der Waals surface area contributed by atoms with Crippen molar-refractivity contribution in [2.24, 2.45) is 22.2 Å². The zero-order chi connectivity index (χ0) is 48.4. The fraction of sp³-hybridized carbons (Fsp3) is 0.538. The Morgan fingerprint density at radius 1 is 0.826 bits per heavy atom. The van der Waals surface area contributed by atoms with Crippen molar-refractivity contribution in [3.63, 3.8) is 0 Å². The largest absolute Gasteiger partial charge is 0.489 e. The van der Waals surface area contributed by atoms with Gasteiger partial charge in [0.1, 0.15) is 29.5 Å². The van der Waals surface area contributed by atoms with E-state index in [0.29, 0.717) is 57.3 Å². The van der Waals surface area contributed by atoms with Crippen molar-refractivity contribution in [2.45, 2.75) is 103 Å². The molecular formula is C52H61ClN10O6. The fourth-order valence-corrected chi connectivity index (χ4v) is 13.0. The van der Waals surface area contributed by atoms with Crippen molar-refractivity contribution in [1.29, 1.82) is 5.26 Å². The zero-order valence-electron chi connectivity index (χ0n) is 39.9. The minimum atomic E-state index is -0.876. The van der Waals surface area contributed by atoms with Gasteiger partial charge in [-0.05, 0) is 105 Å². The van der Waals surface area contributed by atoms with Gasteiger partial charge in [-0.3, -0.25) is 34.2 Å². The van der Waals surface area contributed by atoms with E-state index in [9.17, 15) is 29.2 Å². The Labute approximate surface area is 407 Å². The molecule has 0 radical (unpaired) electrons. The molecule has 10 rings (SSSR count). The van der Waals surface area contributed by atoms with Gasteiger partial charge in [0.2, 0.25) is 11.8 Å². The van der Waals surface area contributed by atoms with Crippen molar-refractivity contribution in [3.8, 4) is 11.8 Å². The van der Waals surface area contributed by atoms with Crippen molar-refractivity contribution >= 4 is 57.5 Å². The molecule has 2 aliphatic carbocycles. The first kappa shape index (κ1) is 46.7. The summed E-state index contributed by atoms with van der Waals surface area (Å²) < 4.78 is 7.49. The van der Waals surface area contributed by atoms with E-state index in [1.54, 1.807) is 30.3 Å². The number of aromatic nitrogens is 3. The average Bonchev–Trinajstić information content (AvgIpc) is 3.34. The number of nitrogens with one attached hydrogen (secondary N) is 2. The van der Waals surface area contributed by atoms with Crippen LogP contribution in [0.2, 0.25) is 5.02 Å². The topological polar surface area (TPSA) is 186 Å². The summed E-state index contributed by atoms with van der Waals surface area (Å²) in [5.74, 6) is -0.153. The Balaban J connectivity index is 0.652. The van der Waals surface area contributed by atoms with Gasteiger partial charge in [0.25, 0.3) is 17.4 Å². The Hall–Kier alpha value is -6.05. The minimum absolute atomic E-state index is 0.0187.